The summed E-state index contributed by atoms with van der Waals surface area (Å²) < 4.78 is 15.4. The minimum absolute atomic E-state index is 0.0786. The van der Waals surface area contributed by atoms with E-state index < -0.39 is 29.7 Å². The Kier molecular flexibility index (Phi) is 15.9. The van der Waals surface area contributed by atoms with Gasteiger partial charge in [-0.3, -0.25) is 9.59 Å². The molecule has 4 atom stereocenters. The summed E-state index contributed by atoms with van der Waals surface area (Å²) in [6.07, 6.45) is 1.57. The van der Waals surface area contributed by atoms with Crippen LogP contribution < -0.4 is 5.32 Å². The highest BCUT2D eigenvalue weighted by molar-refractivity contribution is 7.99. The van der Waals surface area contributed by atoms with Crippen LogP contribution in [-0.2, 0) is 23.8 Å². The Balaban J connectivity index is 0.000000546. The van der Waals surface area contributed by atoms with Gasteiger partial charge in [-0.15, -0.1) is 0 Å². The van der Waals surface area contributed by atoms with E-state index in [9.17, 15) is 19.5 Å². The number of benzene rings is 2. The lowest BCUT2D eigenvalue weighted by Gasteiger charge is -2.33. The van der Waals surface area contributed by atoms with Crippen LogP contribution in [0.2, 0.25) is 0 Å². The zero-order chi connectivity index (χ0) is 33.7. The summed E-state index contributed by atoms with van der Waals surface area (Å²) in [5.74, 6) is -1.21. The molecule has 0 saturated heterocycles. The van der Waals surface area contributed by atoms with E-state index in [4.69, 9.17) is 19.3 Å². The van der Waals surface area contributed by atoms with Crippen molar-refractivity contribution in [3.05, 3.63) is 48.0 Å². The maximum atomic E-state index is 12.5. The normalized spacial score (nSPS) is 15.2. The lowest BCUT2D eigenvalue weighted by atomic mass is 9.81. The van der Waals surface area contributed by atoms with Crippen molar-refractivity contribution in [2.45, 2.75) is 91.2 Å². The number of aliphatic hydroxyl groups excluding tert-OH is 2. The minimum Gasteiger partial charge on any atom is -0.462 e. The van der Waals surface area contributed by atoms with Crippen molar-refractivity contribution >= 4 is 40.4 Å². The summed E-state index contributed by atoms with van der Waals surface area (Å²) in [6, 6.07) is 13.0. The number of aliphatic hydroxyl groups is 2. The number of carbonyl (C=O) groups excluding carboxylic acids is 3. The molecule has 0 radical (unpaired) electrons. The molecule has 248 valence electrons. The molecule has 0 saturated carbocycles. The summed E-state index contributed by atoms with van der Waals surface area (Å²) in [7, 11) is 1.70. The standard InChI is InChI=1S/C23H31NO5.C11H22O3S/c1-22(2,3)15-23(4,24-5)21(27)29-14-19(25)13-28-20(26)18-11-10-16-8-6-7-9-17(16)12-18;1-8(12)7-14-10(13)9(15-5)6-11(2,3)4/h6-12,19,24-25H,13-15H2,1-5H3;8-9,12H,6-7H2,1-5H3. The van der Waals surface area contributed by atoms with Crippen molar-refractivity contribution in [3.63, 3.8) is 0 Å². The van der Waals surface area contributed by atoms with Crippen molar-refractivity contribution in [1.29, 1.82) is 0 Å². The lowest BCUT2D eigenvalue weighted by molar-refractivity contribution is -0.155. The summed E-state index contributed by atoms with van der Waals surface area (Å²) >= 11 is 1.50. The number of carbonyl (C=O) groups is 3. The van der Waals surface area contributed by atoms with E-state index in [1.165, 1.54) is 11.8 Å². The molecular weight excluding hydrogens is 582 g/mol. The summed E-state index contributed by atoms with van der Waals surface area (Å²) in [4.78, 5) is 36.3. The van der Waals surface area contributed by atoms with Gasteiger partial charge in [-0.05, 0) is 73.7 Å². The summed E-state index contributed by atoms with van der Waals surface area (Å²) in [5.41, 5.74) is -0.428. The summed E-state index contributed by atoms with van der Waals surface area (Å²) in [6.45, 7) is 15.4. The number of thioether (sulfide) groups is 1. The molecule has 0 fully saturated rings. The second kappa shape index (κ2) is 17.7. The van der Waals surface area contributed by atoms with Gasteiger partial charge in [0.05, 0.1) is 11.7 Å². The second-order valence-electron chi connectivity index (χ2n) is 13.7. The molecule has 0 heterocycles. The van der Waals surface area contributed by atoms with Crippen LogP contribution in [0.25, 0.3) is 10.8 Å². The predicted molar refractivity (Wildman–Crippen MR) is 177 cm³/mol. The van der Waals surface area contributed by atoms with Crippen molar-refractivity contribution < 1.29 is 38.8 Å². The van der Waals surface area contributed by atoms with Gasteiger partial charge >= 0.3 is 17.9 Å². The Morgan fingerprint density at radius 3 is 1.95 bits per heavy atom. The van der Waals surface area contributed by atoms with Crippen molar-refractivity contribution in [2.75, 3.05) is 33.1 Å². The van der Waals surface area contributed by atoms with Gasteiger partial charge in [0.1, 0.15) is 36.7 Å². The SMILES string of the molecule is CNC(C)(CC(C)(C)C)C(=O)OCC(O)COC(=O)c1ccc2ccccc2c1.CSC(CC(C)(C)C)C(=O)OCC(C)O. The molecule has 0 aliphatic heterocycles. The maximum Gasteiger partial charge on any atom is 0.338 e. The molecule has 9 nitrogen and oxygen atoms in total. The zero-order valence-corrected chi connectivity index (χ0v) is 28.9. The molecule has 44 heavy (non-hydrogen) atoms. The van der Waals surface area contributed by atoms with E-state index in [-0.39, 0.29) is 41.9 Å². The van der Waals surface area contributed by atoms with Gasteiger partial charge in [-0.25, -0.2) is 4.79 Å². The van der Waals surface area contributed by atoms with Crippen LogP contribution in [-0.4, -0.2) is 84.2 Å². The first-order valence-electron chi connectivity index (χ1n) is 14.9. The highest BCUT2D eigenvalue weighted by Crippen LogP contribution is 2.28. The van der Waals surface area contributed by atoms with Crippen molar-refractivity contribution in [1.82, 2.24) is 5.32 Å². The van der Waals surface area contributed by atoms with Gasteiger partial charge in [0.15, 0.2) is 0 Å². The number of ether oxygens (including phenoxy) is 3. The van der Waals surface area contributed by atoms with Crippen LogP contribution in [0, 0.1) is 10.8 Å². The number of rotatable bonds is 13. The van der Waals surface area contributed by atoms with E-state index in [2.05, 4.69) is 26.1 Å². The van der Waals surface area contributed by atoms with Crippen LogP contribution in [0.15, 0.2) is 42.5 Å². The monoisotopic (exact) mass is 635 g/mol. The van der Waals surface area contributed by atoms with Crippen LogP contribution in [0.1, 0.15) is 78.6 Å². The molecule has 0 aromatic heterocycles. The molecule has 2 aromatic rings. The highest BCUT2D eigenvalue weighted by Gasteiger charge is 2.37. The van der Waals surface area contributed by atoms with Gasteiger partial charge in [-0.1, -0.05) is 71.9 Å². The fourth-order valence-electron chi connectivity index (χ4n) is 4.39. The van der Waals surface area contributed by atoms with E-state index >= 15 is 0 Å². The maximum absolute atomic E-state index is 12.5. The molecule has 0 aliphatic carbocycles. The Labute approximate surface area is 267 Å². The molecule has 0 aliphatic rings. The van der Waals surface area contributed by atoms with Gasteiger partial charge in [0.25, 0.3) is 0 Å². The second-order valence-corrected chi connectivity index (χ2v) is 14.7. The molecule has 0 amide bonds. The highest BCUT2D eigenvalue weighted by atomic mass is 32.2. The number of esters is 3. The van der Waals surface area contributed by atoms with Crippen molar-refractivity contribution in [3.8, 4) is 0 Å². The van der Waals surface area contributed by atoms with Crippen LogP contribution in [0.3, 0.4) is 0 Å². The smallest absolute Gasteiger partial charge is 0.338 e. The summed E-state index contributed by atoms with van der Waals surface area (Å²) in [5, 5.41) is 23.9. The number of hydrogen-bond donors (Lipinski definition) is 3. The van der Waals surface area contributed by atoms with E-state index in [0.717, 1.165) is 17.2 Å². The van der Waals surface area contributed by atoms with Crippen LogP contribution in [0.5, 0.6) is 0 Å². The largest absolute Gasteiger partial charge is 0.462 e. The number of hydrogen-bond acceptors (Lipinski definition) is 10. The molecule has 2 rings (SSSR count). The number of likely N-dealkylation sites (N-methyl/N-ethyl adjacent to an activating group) is 1. The predicted octanol–water partition coefficient (Wildman–Crippen LogP) is 5.39. The van der Waals surface area contributed by atoms with E-state index in [0.29, 0.717) is 12.0 Å². The number of nitrogens with one attached hydrogen (secondary N) is 1. The Morgan fingerprint density at radius 1 is 0.841 bits per heavy atom. The zero-order valence-electron chi connectivity index (χ0n) is 28.1. The van der Waals surface area contributed by atoms with Gasteiger partial charge in [0, 0.05) is 0 Å². The molecular formula is C34H53NO8S. The van der Waals surface area contributed by atoms with Gasteiger partial charge in [0.2, 0.25) is 0 Å². The minimum atomic E-state index is -1.10. The third-order valence-corrected chi connectivity index (χ3v) is 7.43. The number of fused-ring (bicyclic) bond motifs is 1. The quantitative estimate of drug-likeness (QED) is 0.194. The average Bonchev–Trinajstić information content (AvgIpc) is 2.94. The average molecular weight is 636 g/mol. The van der Waals surface area contributed by atoms with Gasteiger partial charge < -0.3 is 29.7 Å². The Morgan fingerprint density at radius 2 is 1.43 bits per heavy atom. The first-order chi connectivity index (χ1) is 20.3. The third-order valence-electron chi connectivity index (χ3n) is 6.50. The third kappa shape index (κ3) is 14.9. The molecule has 0 spiro atoms. The fraction of sp³-hybridized carbons (Fsp3) is 0.618. The molecule has 3 N–H and O–H groups in total. The van der Waals surface area contributed by atoms with E-state index in [1.807, 2.05) is 57.4 Å². The van der Waals surface area contributed by atoms with Gasteiger partial charge in [-0.2, -0.15) is 11.8 Å². The molecule has 0 bridgehead atoms. The first-order valence-corrected chi connectivity index (χ1v) is 16.2. The van der Waals surface area contributed by atoms with Crippen LogP contribution >= 0.6 is 11.8 Å². The van der Waals surface area contributed by atoms with Crippen LogP contribution in [0.4, 0.5) is 0 Å². The molecule has 4 unspecified atom stereocenters. The lowest BCUT2D eigenvalue weighted by Crippen LogP contribution is -2.51. The fourth-order valence-corrected chi connectivity index (χ4v) is 5.32. The molecule has 10 heteroatoms. The van der Waals surface area contributed by atoms with E-state index in [1.54, 1.807) is 33.0 Å². The topological polar surface area (TPSA) is 131 Å². The first kappa shape index (κ1) is 39.4. The molecule has 2 aromatic carbocycles. The Hall–Kier alpha value is -2.66. The van der Waals surface area contributed by atoms with Crippen molar-refractivity contribution in [2.24, 2.45) is 10.8 Å². The Bertz CT molecular complexity index is 1200.